The maximum atomic E-state index is 2.46. The molecule has 0 bridgehead atoms. The number of benzene rings is 8. The van der Waals surface area contributed by atoms with E-state index in [4.69, 9.17) is 0 Å². The van der Waals surface area contributed by atoms with Gasteiger partial charge in [-0.05, 0) is 122 Å². The van der Waals surface area contributed by atoms with Gasteiger partial charge in [-0.25, -0.2) is 0 Å². The van der Waals surface area contributed by atoms with Gasteiger partial charge in [0.2, 0.25) is 0 Å². The fraction of sp³-hybridized carbons (Fsp3) is 0.115. The fourth-order valence-corrected chi connectivity index (χ4v) is 8.36. The molecule has 2 nitrogen and oxygen atoms in total. The Balaban J connectivity index is 1.34. The molecule has 0 aromatic heterocycles. The number of rotatable bonds is 8. The van der Waals surface area contributed by atoms with E-state index < -0.39 is 0 Å². The maximum absolute atomic E-state index is 2.46. The van der Waals surface area contributed by atoms with Crippen LogP contribution in [0.3, 0.4) is 0 Å². The molecule has 0 fully saturated rings. The molecular weight excluding hydrogens is 653 g/mol. The van der Waals surface area contributed by atoms with Crippen LogP contribution in [0.1, 0.15) is 33.4 Å². The lowest BCUT2D eigenvalue weighted by Crippen LogP contribution is -2.15. The third-order valence-corrected chi connectivity index (χ3v) is 10.5. The lowest BCUT2D eigenvalue weighted by Gasteiger charge is -2.32. The second-order valence-electron chi connectivity index (χ2n) is 14.6. The van der Waals surface area contributed by atoms with Crippen molar-refractivity contribution >= 4 is 44.9 Å². The molecule has 0 amide bonds. The molecule has 8 aromatic carbocycles. The van der Waals surface area contributed by atoms with Crippen LogP contribution in [0.25, 0.3) is 33.0 Å². The van der Waals surface area contributed by atoms with Crippen molar-refractivity contribution in [2.75, 3.05) is 9.80 Å². The first-order valence-electron chi connectivity index (χ1n) is 18.9. The van der Waals surface area contributed by atoms with Gasteiger partial charge in [-0.15, -0.1) is 0 Å². The van der Waals surface area contributed by atoms with Crippen LogP contribution < -0.4 is 9.80 Å². The van der Waals surface area contributed by atoms with Crippen LogP contribution in [-0.4, -0.2) is 0 Å². The van der Waals surface area contributed by atoms with Crippen LogP contribution in [0.2, 0.25) is 0 Å². The Labute approximate surface area is 320 Å². The summed E-state index contributed by atoms with van der Waals surface area (Å²) in [5, 5.41) is 2.38. The summed E-state index contributed by atoms with van der Waals surface area (Å²) in [4.78, 5) is 4.93. The molecule has 0 saturated carbocycles. The van der Waals surface area contributed by atoms with Gasteiger partial charge >= 0.3 is 0 Å². The first-order valence-corrected chi connectivity index (χ1v) is 18.9. The lowest BCUT2D eigenvalue weighted by molar-refractivity contribution is 1.20. The summed E-state index contributed by atoms with van der Waals surface area (Å²) in [6.07, 6.45) is 0. The number of hydrogen-bond acceptors (Lipinski definition) is 2. The Bertz CT molecular complexity index is 2360. The van der Waals surface area contributed by atoms with Gasteiger partial charge in [0, 0.05) is 22.1 Å². The highest BCUT2D eigenvalue weighted by atomic mass is 15.2. The van der Waals surface area contributed by atoms with Gasteiger partial charge in [-0.3, -0.25) is 0 Å². The van der Waals surface area contributed by atoms with Crippen molar-refractivity contribution in [3.05, 3.63) is 203 Å². The highest BCUT2D eigenvalue weighted by Gasteiger charge is 2.23. The number of anilines is 6. The van der Waals surface area contributed by atoms with E-state index in [0.29, 0.717) is 0 Å². The fourth-order valence-electron chi connectivity index (χ4n) is 8.36. The van der Waals surface area contributed by atoms with Gasteiger partial charge < -0.3 is 9.80 Å². The van der Waals surface area contributed by atoms with E-state index in [1.165, 1.54) is 77.8 Å². The summed E-state index contributed by atoms with van der Waals surface area (Å²) in [5.74, 6) is 0. The van der Waals surface area contributed by atoms with Crippen molar-refractivity contribution < 1.29 is 0 Å². The molecule has 0 atom stereocenters. The van der Waals surface area contributed by atoms with E-state index in [0.717, 1.165) is 22.7 Å². The predicted molar refractivity (Wildman–Crippen MR) is 233 cm³/mol. The Kier molecular flexibility index (Phi) is 9.36. The Hall–Kier alpha value is -6.38. The lowest BCUT2D eigenvalue weighted by atomic mass is 9.98. The summed E-state index contributed by atoms with van der Waals surface area (Å²) in [6.45, 7) is 13.3. The standard InChI is InChI=1S/C52H46N2/c1-35-31-37(3)51(38(4)32-35)53(45-27-23-43(24-28-45)41-15-9-7-10-16-41)49-21-13-20-48-47(49)19-14-22-50(48)54(52-39(5)33-36(2)34-40(52)6)46-29-25-44(26-30-46)42-17-11-8-12-18-42/h7-34H,1-6H3. The largest absolute Gasteiger partial charge is 0.309 e. The summed E-state index contributed by atoms with van der Waals surface area (Å²) < 4.78 is 0. The topological polar surface area (TPSA) is 6.48 Å². The number of fused-ring (bicyclic) bond motifs is 1. The van der Waals surface area contributed by atoms with Crippen molar-refractivity contribution in [3.8, 4) is 22.3 Å². The molecule has 0 N–H and O–H groups in total. The minimum Gasteiger partial charge on any atom is -0.309 e. The minimum atomic E-state index is 1.13. The van der Waals surface area contributed by atoms with Crippen LogP contribution in [0.15, 0.2) is 170 Å². The van der Waals surface area contributed by atoms with Gasteiger partial charge in [-0.1, -0.05) is 145 Å². The van der Waals surface area contributed by atoms with Crippen molar-refractivity contribution in [3.63, 3.8) is 0 Å². The van der Waals surface area contributed by atoms with Crippen molar-refractivity contribution in [2.45, 2.75) is 41.5 Å². The Morgan fingerprint density at radius 1 is 0.296 bits per heavy atom. The molecule has 264 valence electrons. The first kappa shape index (κ1) is 34.7. The van der Waals surface area contributed by atoms with Crippen LogP contribution >= 0.6 is 0 Å². The summed E-state index contributed by atoms with van der Waals surface area (Å²) in [6, 6.07) is 62.0. The van der Waals surface area contributed by atoms with Gasteiger partial charge in [0.05, 0.1) is 22.7 Å². The second-order valence-corrected chi connectivity index (χ2v) is 14.6. The molecule has 0 aliphatic rings. The molecule has 8 rings (SSSR count). The SMILES string of the molecule is Cc1cc(C)c(N(c2ccc(-c3ccccc3)cc2)c2cccc3c(N(c4ccc(-c5ccccc5)cc4)c4c(C)cc(C)cc4C)cccc23)c(C)c1. The average Bonchev–Trinajstić information content (AvgIpc) is 3.18. The zero-order valence-electron chi connectivity index (χ0n) is 32.1. The summed E-state index contributed by atoms with van der Waals surface area (Å²) in [5.41, 5.74) is 19.3. The molecule has 2 heteroatoms. The van der Waals surface area contributed by atoms with Gasteiger partial charge in [-0.2, -0.15) is 0 Å². The van der Waals surface area contributed by atoms with Crippen LogP contribution in [0.5, 0.6) is 0 Å². The zero-order valence-corrected chi connectivity index (χ0v) is 32.1. The minimum absolute atomic E-state index is 1.13. The van der Waals surface area contributed by atoms with Crippen molar-refractivity contribution in [1.29, 1.82) is 0 Å². The smallest absolute Gasteiger partial charge is 0.0541 e. The molecule has 0 spiro atoms. The molecule has 0 aliphatic carbocycles. The molecular formula is C52H46N2. The first-order chi connectivity index (χ1) is 26.3. The highest BCUT2D eigenvalue weighted by molar-refractivity contribution is 6.07. The van der Waals surface area contributed by atoms with Gasteiger partial charge in [0.1, 0.15) is 0 Å². The maximum Gasteiger partial charge on any atom is 0.0541 e. The molecule has 0 heterocycles. The average molecular weight is 699 g/mol. The van der Waals surface area contributed by atoms with Crippen LogP contribution in [-0.2, 0) is 0 Å². The van der Waals surface area contributed by atoms with Crippen molar-refractivity contribution in [2.24, 2.45) is 0 Å². The van der Waals surface area contributed by atoms with E-state index >= 15 is 0 Å². The van der Waals surface area contributed by atoms with E-state index in [9.17, 15) is 0 Å². The normalized spacial score (nSPS) is 11.1. The Morgan fingerprint density at radius 2 is 0.611 bits per heavy atom. The summed E-state index contributed by atoms with van der Waals surface area (Å²) >= 11 is 0. The molecule has 0 unspecified atom stereocenters. The van der Waals surface area contributed by atoms with Gasteiger partial charge in [0.15, 0.2) is 0 Å². The molecule has 0 aliphatic heterocycles. The number of aryl methyl sites for hydroxylation is 6. The Morgan fingerprint density at radius 3 is 0.944 bits per heavy atom. The number of nitrogens with zero attached hydrogens (tertiary/aromatic N) is 2. The molecule has 0 saturated heterocycles. The highest BCUT2D eigenvalue weighted by Crippen LogP contribution is 2.47. The van der Waals surface area contributed by atoms with E-state index in [1.807, 2.05) is 0 Å². The third-order valence-electron chi connectivity index (χ3n) is 10.5. The summed E-state index contributed by atoms with van der Waals surface area (Å²) in [7, 11) is 0. The number of hydrogen-bond donors (Lipinski definition) is 0. The quantitative estimate of drug-likeness (QED) is 0.156. The third kappa shape index (κ3) is 6.57. The molecule has 8 aromatic rings. The molecule has 54 heavy (non-hydrogen) atoms. The van der Waals surface area contributed by atoms with Crippen molar-refractivity contribution in [1.82, 2.24) is 0 Å². The van der Waals surface area contributed by atoms with Crippen LogP contribution in [0, 0.1) is 41.5 Å². The van der Waals surface area contributed by atoms with Gasteiger partial charge in [0.25, 0.3) is 0 Å². The van der Waals surface area contributed by atoms with E-state index in [-0.39, 0.29) is 0 Å². The second kappa shape index (κ2) is 14.6. The van der Waals surface area contributed by atoms with E-state index in [2.05, 4.69) is 221 Å². The van der Waals surface area contributed by atoms with E-state index in [1.54, 1.807) is 0 Å². The van der Waals surface area contributed by atoms with Crippen LogP contribution in [0.4, 0.5) is 34.1 Å². The zero-order chi connectivity index (χ0) is 37.3. The monoisotopic (exact) mass is 698 g/mol. The molecule has 0 radical (unpaired) electrons. The predicted octanol–water partition coefficient (Wildman–Crippen LogP) is 15.0.